The van der Waals surface area contributed by atoms with Gasteiger partial charge in [0.2, 0.25) is 0 Å². The first-order valence-electron chi connectivity index (χ1n) is 9.27. The Morgan fingerprint density at radius 2 is 1.48 bits per heavy atom. The number of hydrogen-bond acceptors (Lipinski definition) is 2. The molecule has 1 heterocycles. The molecule has 0 radical (unpaired) electrons. The topological polar surface area (TPSA) is 31.2 Å². The van der Waals surface area contributed by atoms with Crippen LogP contribution in [0.5, 0.6) is 0 Å². The zero-order valence-electron chi connectivity index (χ0n) is 15.4. The molecule has 29 heavy (non-hydrogen) atoms. The zero-order valence-corrected chi connectivity index (χ0v) is 16.1. The molecular formula is C25H16ClNO2. The molecule has 140 valence electrons. The molecule has 0 aliphatic heterocycles. The maximum Gasteiger partial charge on any atom is 0.363 e. The second-order valence-corrected chi connectivity index (χ2v) is 7.23. The minimum atomic E-state index is -0.411. The Balaban J connectivity index is 1.73. The molecule has 5 aromatic rings. The first-order chi connectivity index (χ1) is 14.2. The lowest BCUT2D eigenvalue weighted by molar-refractivity contribution is 0.0490. The van der Waals surface area contributed by atoms with Gasteiger partial charge in [0.05, 0.1) is 16.8 Å². The van der Waals surface area contributed by atoms with E-state index < -0.39 is 5.97 Å². The normalized spacial score (nSPS) is 11.1. The average molecular weight is 398 g/mol. The van der Waals surface area contributed by atoms with E-state index in [4.69, 9.17) is 16.4 Å². The van der Waals surface area contributed by atoms with Crippen LogP contribution in [0.25, 0.3) is 32.9 Å². The monoisotopic (exact) mass is 397 g/mol. The number of halogens is 1. The highest BCUT2D eigenvalue weighted by atomic mass is 35.5. The Bertz CT molecular complexity index is 1340. The Kier molecular flexibility index (Phi) is 4.30. The maximum absolute atomic E-state index is 12.8. The summed E-state index contributed by atoms with van der Waals surface area (Å²) in [7, 11) is 0. The molecule has 0 saturated carbocycles. The van der Waals surface area contributed by atoms with Gasteiger partial charge in [-0.25, -0.2) is 4.79 Å². The molecular weight excluding hydrogens is 382 g/mol. The number of fused-ring (bicyclic) bond motifs is 3. The third kappa shape index (κ3) is 3.16. The predicted octanol–water partition coefficient (Wildman–Crippen LogP) is 6.38. The van der Waals surface area contributed by atoms with Gasteiger partial charge in [0.1, 0.15) is 0 Å². The van der Waals surface area contributed by atoms with Crippen molar-refractivity contribution in [3.8, 4) is 11.3 Å². The van der Waals surface area contributed by atoms with Gasteiger partial charge < -0.3 is 4.84 Å². The molecule has 0 atom stereocenters. The van der Waals surface area contributed by atoms with Gasteiger partial charge in [0, 0.05) is 16.0 Å². The van der Waals surface area contributed by atoms with Crippen molar-refractivity contribution in [3.05, 3.63) is 108 Å². The Morgan fingerprint density at radius 3 is 2.28 bits per heavy atom. The number of aromatic nitrogens is 1. The SMILES string of the molecule is O=C(On1c(-c2ccc(Cl)cc2)cc2c3ccccc3ccc21)c1ccccc1. The fraction of sp³-hybridized carbons (Fsp3) is 0. The second-order valence-electron chi connectivity index (χ2n) is 6.80. The van der Waals surface area contributed by atoms with Crippen LogP contribution in [0.4, 0.5) is 0 Å². The Hall–Kier alpha value is -3.56. The van der Waals surface area contributed by atoms with E-state index in [9.17, 15) is 4.79 Å². The summed E-state index contributed by atoms with van der Waals surface area (Å²) >= 11 is 6.07. The molecule has 0 amide bonds. The first-order valence-corrected chi connectivity index (χ1v) is 9.65. The summed E-state index contributed by atoms with van der Waals surface area (Å²) in [5, 5.41) is 3.92. The summed E-state index contributed by atoms with van der Waals surface area (Å²) in [5.74, 6) is -0.411. The fourth-order valence-corrected chi connectivity index (χ4v) is 3.69. The number of carbonyl (C=O) groups is 1. The van der Waals surface area contributed by atoms with Crippen molar-refractivity contribution in [2.45, 2.75) is 0 Å². The van der Waals surface area contributed by atoms with Gasteiger partial charge in [-0.05, 0) is 47.2 Å². The van der Waals surface area contributed by atoms with Crippen LogP contribution in [0.1, 0.15) is 10.4 Å². The maximum atomic E-state index is 12.8. The number of nitrogens with zero attached hydrogens (tertiary/aromatic N) is 1. The average Bonchev–Trinajstić information content (AvgIpc) is 3.13. The summed E-state index contributed by atoms with van der Waals surface area (Å²) in [4.78, 5) is 18.7. The van der Waals surface area contributed by atoms with E-state index in [1.807, 2.05) is 66.7 Å². The number of rotatable bonds is 3. The predicted molar refractivity (Wildman–Crippen MR) is 117 cm³/mol. The van der Waals surface area contributed by atoms with Gasteiger partial charge in [0.15, 0.2) is 0 Å². The van der Waals surface area contributed by atoms with E-state index in [0.29, 0.717) is 10.6 Å². The van der Waals surface area contributed by atoms with Crippen LogP contribution in [-0.4, -0.2) is 10.7 Å². The van der Waals surface area contributed by atoms with Gasteiger partial charge in [0.25, 0.3) is 0 Å². The van der Waals surface area contributed by atoms with E-state index in [0.717, 1.165) is 32.9 Å². The van der Waals surface area contributed by atoms with Crippen LogP contribution in [0.2, 0.25) is 5.02 Å². The summed E-state index contributed by atoms with van der Waals surface area (Å²) < 4.78 is 1.61. The molecule has 0 saturated heterocycles. The lowest BCUT2D eigenvalue weighted by Gasteiger charge is -2.11. The largest absolute Gasteiger partial charge is 0.363 e. The van der Waals surface area contributed by atoms with Crippen LogP contribution in [-0.2, 0) is 0 Å². The van der Waals surface area contributed by atoms with Crippen molar-refractivity contribution in [1.29, 1.82) is 0 Å². The van der Waals surface area contributed by atoms with Crippen molar-refractivity contribution in [2.75, 3.05) is 0 Å². The molecule has 4 aromatic carbocycles. The molecule has 0 fully saturated rings. The number of carbonyl (C=O) groups excluding carboxylic acids is 1. The molecule has 0 aliphatic carbocycles. The smallest absolute Gasteiger partial charge is 0.330 e. The minimum absolute atomic E-state index is 0.411. The second kappa shape index (κ2) is 7.12. The van der Waals surface area contributed by atoms with Crippen molar-refractivity contribution in [3.63, 3.8) is 0 Å². The first kappa shape index (κ1) is 17.5. The van der Waals surface area contributed by atoms with Gasteiger partial charge in [-0.2, -0.15) is 4.73 Å². The minimum Gasteiger partial charge on any atom is -0.330 e. The summed E-state index contributed by atoms with van der Waals surface area (Å²) in [6.07, 6.45) is 0. The van der Waals surface area contributed by atoms with Crippen LogP contribution in [0, 0.1) is 0 Å². The summed E-state index contributed by atoms with van der Waals surface area (Å²) in [6.45, 7) is 0. The molecule has 0 N–H and O–H groups in total. The van der Waals surface area contributed by atoms with Crippen LogP contribution < -0.4 is 4.84 Å². The highest BCUT2D eigenvalue weighted by molar-refractivity contribution is 6.30. The Morgan fingerprint density at radius 1 is 0.759 bits per heavy atom. The number of hydrogen-bond donors (Lipinski definition) is 0. The van der Waals surface area contributed by atoms with Crippen molar-refractivity contribution < 1.29 is 9.63 Å². The Labute approximate surface area is 172 Å². The lowest BCUT2D eigenvalue weighted by Crippen LogP contribution is -2.20. The van der Waals surface area contributed by atoms with Crippen molar-refractivity contribution >= 4 is 39.2 Å². The number of benzene rings is 4. The lowest BCUT2D eigenvalue weighted by atomic mass is 10.1. The molecule has 1 aromatic heterocycles. The van der Waals surface area contributed by atoms with Gasteiger partial charge in [-0.1, -0.05) is 72.3 Å². The van der Waals surface area contributed by atoms with E-state index in [2.05, 4.69) is 18.2 Å². The third-order valence-electron chi connectivity index (χ3n) is 4.99. The van der Waals surface area contributed by atoms with Gasteiger partial charge >= 0.3 is 5.97 Å². The van der Waals surface area contributed by atoms with E-state index >= 15 is 0 Å². The molecule has 5 rings (SSSR count). The molecule has 0 bridgehead atoms. The molecule has 0 aliphatic rings. The quantitative estimate of drug-likeness (QED) is 0.353. The van der Waals surface area contributed by atoms with Crippen LogP contribution >= 0.6 is 11.6 Å². The molecule has 4 heteroatoms. The van der Waals surface area contributed by atoms with E-state index in [1.54, 1.807) is 16.9 Å². The zero-order chi connectivity index (χ0) is 19.8. The fourth-order valence-electron chi connectivity index (χ4n) is 3.57. The van der Waals surface area contributed by atoms with Gasteiger partial charge in [-0.15, -0.1) is 0 Å². The van der Waals surface area contributed by atoms with Gasteiger partial charge in [-0.3, -0.25) is 0 Å². The van der Waals surface area contributed by atoms with Crippen LogP contribution in [0.3, 0.4) is 0 Å². The summed E-state index contributed by atoms with van der Waals surface area (Å²) in [5.41, 5.74) is 3.03. The standard InChI is InChI=1S/C25H16ClNO2/c26-20-13-10-18(11-14-20)24-16-22-21-9-5-4-6-17(21)12-15-23(22)27(24)29-25(28)19-7-2-1-3-8-19/h1-16H. The van der Waals surface area contributed by atoms with E-state index in [-0.39, 0.29) is 0 Å². The highest BCUT2D eigenvalue weighted by Crippen LogP contribution is 2.33. The molecule has 0 unspecified atom stereocenters. The van der Waals surface area contributed by atoms with Crippen molar-refractivity contribution in [2.24, 2.45) is 0 Å². The van der Waals surface area contributed by atoms with Crippen LogP contribution in [0.15, 0.2) is 97.1 Å². The van der Waals surface area contributed by atoms with Crippen molar-refractivity contribution in [1.82, 2.24) is 4.73 Å². The summed E-state index contributed by atoms with van der Waals surface area (Å²) in [6, 6.07) is 30.7. The highest BCUT2D eigenvalue weighted by Gasteiger charge is 2.17. The third-order valence-corrected chi connectivity index (χ3v) is 5.24. The molecule has 3 nitrogen and oxygen atoms in total. The molecule has 0 spiro atoms. The van der Waals surface area contributed by atoms with E-state index in [1.165, 1.54) is 0 Å².